The second-order valence-corrected chi connectivity index (χ2v) is 8.30. The Labute approximate surface area is 189 Å². The van der Waals surface area contributed by atoms with E-state index in [-0.39, 0.29) is 57.6 Å². The molecule has 1 unspecified atom stereocenters. The Hall–Kier alpha value is -0.315. The number of phosphoric acid groups is 2. The van der Waals surface area contributed by atoms with Crippen LogP contribution < -0.4 is 5.73 Å². The molecule has 3 rings (SSSR count). The number of nitrogens with zero attached hydrogens (tertiary/aromatic N) is 4. The Balaban J connectivity index is 0. The predicted octanol–water partition coefficient (Wildman–Crippen LogP) is -2.02. The van der Waals surface area contributed by atoms with Gasteiger partial charge in [0.15, 0.2) is 17.7 Å². The van der Waals surface area contributed by atoms with E-state index in [1.807, 2.05) is 0 Å². The SMILES string of the molecule is Nc1ncnc2c1ncn2[C@@H]1O[C@H](COP(=O)(O)OP(=O)(O)O)[C@@H](O)[C@H]1O.[HH].[HH].[Li].[Li]. The van der Waals surface area contributed by atoms with E-state index in [1.165, 1.54) is 10.9 Å². The van der Waals surface area contributed by atoms with Crippen molar-refractivity contribution in [3.63, 3.8) is 0 Å². The van der Waals surface area contributed by atoms with Gasteiger partial charge < -0.3 is 35.4 Å². The van der Waals surface area contributed by atoms with Crippen LogP contribution in [0.3, 0.4) is 0 Å². The normalized spacial score (nSPS) is 26.5. The Morgan fingerprint density at radius 2 is 1.83 bits per heavy atom. The predicted molar refractivity (Wildman–Crippen MR) is 100 cm³/mol. The number of phosphoric ester groups is 1. The molecule has 1 fully saturated rings. The van der Waals surface area contributed by atoms with Gasteiger partial charge in [0.2, 0.25) is 0 Å². The van der Waals surface area contributed by atoms with Crippen molar-refractivity contribution in [2.24, 2.45) is 0 Å². The molecule has 1 aliphatic rings. The number of nitrogen functional groups attached to an aromatic ring is 1. The van der Waals surface area contributed by atoms with Gasteiger partial charge in [-0.1, -0.05) is 0 Å². The van der Waals surface area contributed by atoms with Crippen LogP contribution in [0.4, 0.5) is 5.82 Å². The number of imidazole rings is 1. The molecule has 15 nitrogen and oxygen atoms in total. The Kier molecular flexibility index (Phi) is 9.10. The molecular weight excluding hydrogens is 426 g/mol. The van der Waals surface area contributed by atoms with Crippen molar-refractivity contribution in [3.05, 3.63) is 12.7 Å². The van der Waals surface area contributed by atoms with Gasteiger partial charge >= 0.3 is 15.6 Å². The van der Waals surface area contributed by atoms with Crippen LogP contribution in [0.2, 0.25) is 0 Å². The van der Waals surface area contributed by atoms with E-state index in [4.69, 9.17) is 20.3 Å². The van der Waals surface area contributed by atoms with Gasteiger partial charge in [0, 0.05) is 40.6 Å². The van der Waals surface area contributed by atoms with E-state index in [0.29, 0.717) is 0 Å². The van der Waals surface area contributed by atoms with Gasteiger partial charge in [-0.05, 0) is 0 Å². The van der Waals surface area contributed by atoms with E-state index in [0.717, 1.165) is 6.33 Å². The van der Waals surface area contributed by atoms with Gasteiger partial charge in [0.1, 0.15) is 30.2 Å². The van der Waals surface area contributed by atoms with Crippen LogP contribution in [0.25, 0.3) is 11.2 Å². The molecule has 29 heavy (non-hydrogen) atoms. The Morgan fingerprint density at radius 1 is 1.17 bits per heavy atom. The first-order valence-electron chi connectivity index (χ1n) is 7.17. The molecule has 0 aromatic carbocycles. The number of hydrogen-bond acceptors (Lipinski definition) is 11. The van der Waals surface area contributed by atoms with Crippen LogP contribution in [0.5, 0.6) is 0 Å². The molecule has 0 aliphatic carbocycles. The van der Waals surface area contributed by atoms with Gasteiger partial charge in [-0.25, -0.2) is 24.1 Å². The summed E-state index contributed by atoms with van der Waals surface area (Å²) in [6.07, 6.45) is -3.20. The molecule has 156 valence electrons. The molecule has 1 aliphatic heterocycles. The molecule has 0 spiro atoms. The van der Waals surface area contributed by atoms with Crippen molar-refractivity contribution in [2.45, 2.75) is 24.5 Å². The number of nitrogens with two attached hydrogens (primary N) is 1. The quantitative estimate of drug-likeness (QED) is 0.208. The first-order valence-corrected chi connectivity index (χ1v) is 10.2. The average Bonchev–Trinajstić information content (AvgIpc) is 3.07. The summed E-state index contributed by atoms with van der Waals surface area (Å²) >= 11 is 0. The number of hydrogen-bond donors (Lipinski definition) is 6. The number of fused-ring (bicyclic) bond motifs is 1. The van der Waals surface area contributed by atoms with Crippen LogP contribution in [-0.2, 0) is 22.7 Å². The second kappa shape index (κ2) is 9.87. The molecule has 2 aromatic rings. The van der Waals surface area contributed by atoms with E-state index in [1.54, 1.807) is 0 Å². The fourth-order valence-electron chi connectivity index (χ4n) is 2.48. The third-order valence-electron chi connectivity index (χ3n) is 3.61. The van der Waals surface area contributed by atoms with E-state index in [9.17, 15) is 24.2 Å². The standard InChI is InChI=1S/C10H15N5O10P2.2Li.2H2/c11-8-5-9(13-2-12-8)15(3-14-5)10-7(17)6(16)4(24-10)1-23-27(21,22)25-26(18,19)20;;;;/h2-4,6-7,10,16-17H,1H2,(H,21,22)(H2,11,12,13)(H2,18,19,20);;;2*1H/t4-,6-,7-,10-;;;;/m1..../s1. The van der Waals surface area contributed by atoms with Crippen molar-refractivity contribution >= 4 is 70.3 Å². The molecule has 3 heterocycles. The molecule has 5 atom stereocenters. The van der Waals surface area contributed by atoms with E-state index in [2.05, 4.69) is 23.8 Å². The summed E-state index contributed by atoms with van der Waals surface area (Å²) in [6.45, 7) is -0.813. The van der Waals surface area contributed by atoms with Crippen LogP contribution in [0.15, 0.2) is 12.7 Å². The number of ether oxygens (including phenoxy) is 1. The van der Waals surface area contributed by atoms with Gasteiger partial charge in [0.05, 0.1) is 12.9 Å². The second-order valence-electron chi connectivity index (χ2n) is 5.47. The zero-order valence-electron chi connectivity index (χ0n) is 15.2. The molecule has 7 N–H and O–H groups in total. The first kappa shape index (κ1) is 26.7. The smallest absolute Gasteiger partial charge is 0.387 e. The van der Waals surface area contributed by atoms with Crippen molar-refractivity contribution in [1.29, 1.82) is 0 Å². The summed E-state index contributed by atoms with van der Waals surface area (Å²) in [5.41, 5.74) is 6.11. The maximum atomic E-state index is 11.5. The molecule has 0 saturated carbocycles. The minimum absolute atomic E-state index is 0. The van der Waals surface area contributed by atoms with E-state index >= 15 is 0 Å². The maximum Gasteiger partial charge on any atom is 0.481 e. The van der Waals surface area contributed by atoms with Crippen molar-refractivity contribution in [2.75, 3.05) is 12.3 Å². The summed E-state index contributed by atoms with van der Waals surface area (Å²) in [5.74, 6) is 0.0856. The van der Waals surface area contributed by atoms with Gasteiger partial charge in [-0.3, -0.25) is 9.09 Å². The third-order valence-corrected chi connectivity index (χ3v) is 5.76. The number of aromatic nitrogens is 4. The van der Waals surface area contributed by atoms with Crippen LogP contribution in [0.1, 0.15) is 9.08 Å². The average molecular weight is 445 g/mol. The zero-order valence-corrected chi connectivity index (χ0v) is 17.0. The summed E-state index contributed by atoms with van der Waals surface area (Å²) < 4.78 is 36.8. The first-order chi connectivity index (χ1) is 12.5. The monoisotopic (exact) mass is 445 g/mol. The molecule has 19 heteroatoms. The van der Waals surface area contributed by atoms with Crippen molar-refractivity contribution in [3.8, 4) is 0 Å². The molecule has 0 amide bonds. The van der Waals surface area contributed by atoms with Crippen molar-refractivity contribution < 1.29 is 50.4 Å². The fourth-order valence-corrected chi connectivity index (χ4v) is 4.08. The summed E-state index contributed by atoms with van der Waals surface area (Å²) in [6, 6.07) is 0. The molecule has 0 bridgehead atoms. The van der Waals surface area contributed by atoms with Crippen LogP contribution >= 0.6 is 15.6 Å². The summed E-state index contributed by atoms with van der Waals surface area (Å²) in [5, 5.41) is 20.3. The van der Waals surface area contributed by atoms with Gasteiger partial charge in [-0.2, -0.15) is 4.31 Å². The van der Waals surface area contributed by atoms with Crippen LogP contribution in [0, 0.1) is 0 Å². The van der Waals surface area contributed by atoms with Crippen molar-refractivity contribution in [1.82, 2.24) is 19.5 Å². The summed E-state index contributed by atoms with van der Waals surface area (Å²) in [4.78, 5) is 38.1. The minimum atomic E-state index is -5.29. The molecule has 2 radical (unpaired) electrons. The third kappa shape index (κ3) is 6.11. The zero-order chi connectivity index (χ0) is 20.0. The Bertz CT molecular complexity index is 953. The molecule has 2 aromatic heterocycles. The molecular formula is C10H19Li2N5O10P2. The molecule has 1 saturated heterocycles. The maximum absolute atomic E-state index is 11.5. The number of aliphatic hydroxyl groups is 2. The largest absolute Gasteiger partial charge is 0.481 e. The Morgan fingerprint density at radius 3 is 2.45 bits per heavy atom. The van der Waals surface area contributed by atoms with Gasteiger partial charge in [0.25, 0.3) is 0 Å². The van der Waals surface area contributed by atoms with Gasteiger partial charge in [-0.15, -0.1) is 0 Å². The topological polar surface area (TPSA) is 233 Å². The number of anilines is 1. The van der Waals surface area contributed by atoms with E-state index < -0.39 is 46.8 Å². The number of aliphatic hydroxyl groups excluding tert-OH is 2. The van der Waals surface area contributed by atoms with Crippen LogP contribution in [-0.4, -0.2) is 107 Å². The summed E-state index contributed by atoms with van der Waals surface area (Å²) in [7, 11) is -10.4. The number of rotatable bonds is 6. The fraction of sp³-hybridized carbons (Fsp3) is 0.500. The minimum Gasteiger partial charge on any atom is -0.387 e.